The zero-order valence-corrected chi connectivity index (χ0v) is 16.1. The number of methoxy groups -OCH3 is 1. The number of hydrogen-bond acceptors (Lipinski definition) is 7. The van der Waals surface area contributed by atoms with E-state index in [-0.39, 0.29) is 35.4 Å². The molecular weight excluding hydrogens is 396 g/mol. The maximum Gasteiger partial charge on any atom is 0.303 e. The maximum absolute atomic E-state index is 12.2. The van der Waals surface area contributed by atoms with Crippen LogP contribution in [-0.4, -0.2) is 45.0 Å². The van der Waals surface area contributed by atoms with Gasteiger partial charge in [0.2, 0.25) is 5.91 Å². The second-order valence-corrected chi connectivity index (χ2v) is 6.81. The first-order valence-corrected chi connectivity index (χ1v) is 9.11. The highest BCUT2D eigenvalue weighted by molar-refractivity contribution is 7.99. The van der Waals surface area contributed by atoms with Gasteiger partial charge in [0.1, 0.15) is 11.4 Å². The standard InChI is InChI=1S/C16H17ClN4O5S/c1-8-5-11(12(26-2)6-9(8)17)18-13(22)7-27-16-19-15(25)10(20-21-16)3-4-14(23)24/h5-6H,3-4,7H2,1-2H3,(H,18,22)(H,23,24)(H,19,21,25). The van der Waals surface area contributed by atoms with Crippen molar-refractivity contribution < 1.29 is 19.4 Å². The van der Waals surface area contributed by atoms with Gasteiger partial charge in [0.05, 0.1) is 25.0 Å². The summed E-state index contributed by atoms with van der Waals surface area (Å²) in [5, 5.41) is 19.5. The summed E-state index contributed by atoms with van der Waals surface area (Å²) < 4.78 is 5.20. The molecule has 9 nitrogen and oxygen atoms in total. The van der Waals surface area contributed by atoms with Gasteiger partial charge < -0.3 is 15.2 Å². The number of nitrogens with zero attached hydrogens (tertiary/aromatic N) is 2. The van der Waals surface area contributed by atoms with E-state index < -0.39 is 11.5 Å². The quantitative estimate of drug-likeness (QED) is 0.559. The Morgan fingerprint density at radius 2 is 2.11 bits per heavy atom. The number of aryl methyl sites for hydroxylation is 2. The van der Waals surface area contributed by atoms with Crippen molar-refractivity contribution in [3.8, 4) is 5.75 Å². The van der Waals surface area contributed by atoms with Crippen LogP contribution >= 0.6 is 23.4 Å². The van der Waals surface area contributed by atoms with Gasteiger partial charge in [0.25, 0.3) is 5.56 Å². The third-order valence-corrected chi connectivity index (χ3v) is 4.69. The number of ether oxygens (including phenoxy) is 1. The van der Waals surface area contributed by atoms with E-state index in [1.54, 1.807) is 19.1 Å². The molecule has 0 unspecified atom stereocenters. The molecule has 0 saturated heterocycles. The van der Waals surface area contributed by atoms with Crippen molar-refractivity contribution in [1.82, 2.24) is 15.2 Å². The molecule has 0 saturated carbocycles. The highest BCUT2D eigenvalue weighted by Gasteiger charge is 2.12. The lowest BCUT2D eigenvalue weighted by Gasteiger charge is -2.12. The Morgan fingerprint density at radius 3 is 2.74 bits per heavy atom. The predicted octanol–water partition coefficient (Wildman–Crippen LogP) is 1.88. The number of nitrogens with one attached hydrogen (secondary N) is 2. The molecule has 1 heterocycles. The topological polar surface area (TPSA) is 134 Å². The smallest absolute Gasteiger partial charge is 0.303 e. The lowest BCUT2D eigenvalue weighted by atomic mass is 10.2. The Balaban J connectivity index is 1.98. The molecule has 3 N–H and O–H groups in total. The SMILES string of the molecule is COc1cc(Cl)c(C)cc1NC(=O)CSc1nnc(CCC(=O)O)c(=O)[nH]1. The Bertz CT molecular complexity index is 918. The van der Waals surface area contributed by atoms with E-state index in [1.807, 2.05) is 0 Å². The number of aliphatic carboxylic acids is 1. The number of halogens is 1. The number of carboxylic acids is 1. The van der Waals surface area contributed by atoms with E-state index >= 15 is 0 Å². The lowest BCUT2D eigenvalue weighted by Crippen LogP contribution is -2.20. The minimum Gasteiger partial charge on any atom is -0.495 e. The molecule has 0 radical (unpaired) electrons. The average molecular weight is 413 g/mol. The number of anilines is 1. The molecule has 1 aromatic carbocycles. The number of aromatic amines is 1. The summed E-state index contributed by atoms with van der Waals surface area (Å²) in [4.78, 5) is 37.0. The number of H-pyrrole nitrogens is 1. The zero-order valence-electron chi connectivity index (χ0n) is 14.5. The minimum atomic E-state index is -1.03. The van der Waals surface area contributed by atoms with Gasteiger partial charge in [-0.2, -0.15) is 0 Å². The lowest BCUT2D eigenvalue weighted by molar-refractivity contribution is -0.137. The number of carbonyl (C=O) groups excluding carboxylic acids is 1. The van der Waals surface area contributed by atoms with Crippen molar-refractivity contribution in [2.24, 2.45) is 0 Å². The first-order chi connectivity index (χ1) is 12.8. The maximum atomic E-state index is 12.2. The Kier molecular flexibility index (Phi) is 7.19. The Labute approximate surface area is 163 Å². The Morgan fingerprint density at radius 1 is 1.37 bits per heavy atom. The molecule has 1 amide bonds. The van der Waals surface area contributed by atoms with E-state index in [1.165, 1.54) is 7.11 Å². The fourth-order valence-corrected chi connectivity index (χ4v) is 2.81. The van der Waals surface area contributed by atoms with Gasteiger partial charge >= 0.3 is 5.97 Å². The van der Waals surface area contributed by atoms with E-state index in [0.29, 0.717) is 16.5 Å². The third-order valence-electron chi connectivity index (χ3n) is 3.41. The van der Waals surface area contributed by atoms with Crippen molar-refractivity contribution in [3.05, 3.63) is 38.8 Å². The molecule has 0 bridgehead atoms. The van der Waals surface area contributed by atoms with Crippen LogP contribution in [0.25, 0.3) is 0 Å². The average Bonchev–Trinajstić information content (AvgIpc) is 2.61. The normalized spacial score (nSPS) is 10.5. The van der Waals surface area contributed by atoms with Crippen molar-refractivity contribution in [3.63, 3.8) is 0 Å². The number of thioether (sulfide) groups is 1. The Hall–Kier alpha value is -2.59. The van der Waals surface area contributed by atoms with Crippen LogP contribution in [0.3, 0.4) is 0 Å². The highest BCUT2D eigenvalue weighted by Crippen LogP contribution is 2.31. The van der Waals surface area contributed by atoms with E-state index in [0.717, 1.165) is 17.3 Å². The first kappa shape index (κ1) is 20.7. The fourth-order valence-electron chi connectivity index (χ4n) is 2.05. The molecule has 144 valence electrons. The zero-order chi connectivity index (χ0) is 20.0. The second kappa shape index (κ2) is 9.38. The largest absolute Gasteiger partial charge is 0.495 e. The van der Waals surface area contributed by atoms with Crippen LogP contribution in [0.4, 0.5) is 5.69 Å². The molecule has 0 spiro atoms. The molecule has 0 aliphatic rings. The highest BCUT2D eigenvalue weighted by atomic mass is 35.5. The third kappa shape index (κ3) is 5.97. The van der Waals surface area contributed by atoms with Gasteiger partial charge in [-0.1, -0.05) is 23.4 Å². The monoisotopic (exact) mass is 412 g/mol. The van der Waals surface area contributed by atoms with E-state index in [2.05, 4.69) is 20.5 Å². The first-order valence-electron chi connectivity index (χ1n) is 7.74. The molecule has 0 atom stereocenters. The number of aromatic nitrogens is 3. The number of benzene rings is 1. The van der Waals surface area contributed by atoms with Crippen LogP contribution in [0.2, 0.25) is 5.02 Å². The van der Waals surface area contributed by atoms with E-state index in [4.69, 9.17) is 21.4 Å². The number of carboxylic acid groups (broad SMARTS) is 1. The van der Waals surface area contributed by atoms with Gasteiger partial charge in [0, 0.05) is 17.5 Å². The van der Waals surface area contributed by atoms with Crippen LogP contribution in [0.5, 0.6) is 5.75 Å². The number of carbonyl (C=O) groups is 2. The summed E-state index contributed by atoms with van der Waals surface area (Å²) in [7, 11) is 1.47. The van der Waals surface area contributed by atoms with Gasteiger partial charge in [-0.15, -0.1) is 10.2 Å². The molecular formula is C16H17ClN4O5S. The molecule has 27 heavy (non-hydrogen) atoms. The number of hydrogen-bond donors (Lipinski definition) is 3. The molecule has 1 aromatic heterocycles. The fraction of sp³-hybridized carbons (Fsp3) is 0.312. The van der Waals surface area contributed by atoms with Crippen LogP contribution in [0, 0.1) is 6.92 Å². The minimum absolute atomic E-state index is 0.0151. The van der Waals surface area contributed by atoms with Gasteiger partial charge in [-0.25, -0.2) is 0 Å². The van der Waals surface area contributed by atoms with Crippen LogP contribution in [0.15, 0.2) is 22.1 Å². The predicted molar refractivity (Wildman–Crippen MR) is 101 cm³/mol. The summed E-state index contributed by atoms with van der Waals surface area (Å²) in [5.74, 6) is -0.957. The van der Waals surface area contributed by atoms with Gasteiger partial charge in [-0.3, -0.25) is 19.4 Å². The van der Waals surface area contributed by atoms with Crippen molar-refractivity contribution >= 4 is 40.9 Å². The summed E-state index contributed by atoms with van der Waals surface area (Å²) in [6.45, 7) is 1.80. The van der Waals surface area contributed by atoms with Crippen molar-refractivity contribution in [1.29, 1.82) is 0 Å². The van der Waals surface area contributed by atoms with Gasteiger partial charge in [0.15, 0.2) is 5.16 Å². The van der Waals surface area contributed by atoms with Gasteiger partial charge in [-0.05, 0) is 18.6 Å². The molecule has 0 aliphatic heterocycles. The molecule has 2 rings (SSSR count). The number of amides is 1. The van der Waals surface area contributed by atoms with Crippen LogP contribution < -0.4 is 15.6 Å². The summed E-state index contributed by atoms with van der Waals surface area (Å²) in [6, 6.07) is 3.31. The van der Waals surface area contributed by atoms with E-state index in [9.17, 15) is 14.4 Å². The summed E-state index contributed by atoms with van der Waals surface area (Å²) in [6.07, 6.45) is -0.228. The molecule has 11 heteroatoms. The molecule has 0 fully saturated rings. The summed E-state index contributed by atoms with van der Waals surface area (Å²) >= 11 is 7.02. The van der Waals surface area contributed by atoms with Crippen molar-refractivity contribution in [2.75, 3.05) is 18.2 Å². The molecule has 0 aliphatic carbocycles. The summed E-state index contributed by atoms with van der Waals surface area (Å²) in [5.41, 5.74) is 0.776. The van der Waals surface area contributed by atoms with Crippen LogP contribution in [0.1, 0.15) is 17.7 Å². The number of rotatable bonds is 8. The van der Waals surface area contributed by atoms with Crippen molar-refractivity contribution in [2.45, 2.75) is 24.9 Å². The molecule has 2 aromatic rings. The van der Waals surface area contributed by atoms with Crippen LogP contribution in [-0.2, 0) is 16.0 Å². The second-order valence-electron chi connectivity index (χ2n) is 5.44.